The van der Waals surface area contributed by atoms with Crippen molar-refractivity contribution in [2.75, 3.05) is 0 Å². The molecule has 0 saturated heterocycles. The van der Waals surface area contributed by atoms with Gasteiger partial charge >= 0.3 is 0 Å². The molecule has 0 bridgehead atoms. The maximum atomic E-state index is 13.5. The number of aliphatic hydroxyl groups is 2. The molecule has 1 saturated carbocycles. The molecule has 1 aliphatic rings. The Balaban J connectivity index is 1.69. The van der Waals surface area contributed by atoms with E-state index in [-0.39, 0.29) is 22.5 Å². The molecular weight excluding hydrogens is 440 g/mol. The van der Waals surface area contributed by atoms with Crippen molar-refractivity contribution in [1.82, 2.24) is 9.97 Å². The number of para-hydroxylation sites is 2. The summed E-state index contributed by atoms with van der Waals surface area (Å²) in [4.78, 5) is 56.8. The van der Waals surface area contributed by atoms with E-state index in [0.717, 1.165) is 0 Å². The van der Waals surface area contributed by atoms with Gasteiger partial charge in [0.2, 0.25) is 0 Å². The fourth-order valence-corrected chi connectivity index (χ4v) is 4.97. The van der Waals surface area contributed by atoms with Crippen LogP contribution in [-0.2, 0) is 9.59 Å². The zero-order chi connectivity index (χ0) is 24.3. The third-order valence-corrected chi connectivity index (χ3v) is 6.43. The molecule has 10 heteroatoms. The topological polar surface area (TPSA) is 192 Å². The van der Waals surface area contributed by atoms with Crippen molar-refractivity contribution < 1.29 is 29.4 Å². The molecule has 2 aromatic heterocycles. The second-order valence-corrected chi connectivity index (χ2v) is 8.30. The maximum absolute atomic E-state index is 13.5. The van der Waals surface area contributed by atoms with Crippen LogP contribution in [0.1, 0.15) is 43.9 Å². The highest BCUT2D eigenvalue weighted by atomic mass is 16.3. The van der Waals surface area contributed by atoms with Gasteiger partial charge in [-0.3, -0.25) is 19.2 Å². The number of nitrogens with one attached hydrogen (secondary N) is 2. The monoisotopic (exact) mass is 460 g/mol. The smallest absolute Gasteiger partial charge is 0.265 e. The second-order valence-electron chi connectivity index (χ2n) is 8.30. The Kier molecular flexibility index (Phi) is 4.85. The maximum Gasteiger partial charge on any atom is 0.265 e. The number of amides is 2. The van der Waals surface area contributed by atoms with E-state index in [4.69, 9.17) is 11.5 Å². The van der Waals surface area contributed by atoms with Crippen molar-refractivity contribution in [3.63, 3.8) is 0 Å². The Labute approximate surface area is 191 Å². The molecular formula is C24H20N4O6. The number of benzene rings is 2. The summed E-state index contributed by atoms with van der Waals surface area (Å²) in [7, 11) is 0. The normalized spacial score (nSPS) is 23.0. The standard InChI is InChI=1S/C24H20N4O6/c25-23(33)17-13(9-5-1-3-7-11(9)27-17)15-19(29)21(31)16(22(32)20(15)30)14-10-6-2-4-8-12(10)28-18(14)24(26)34/h1-8,15-16,19,22,27-29,32H,(H2,25,33)(H2,26,34). The molecule has 4 aromatic rings. The zero-order valence-electron chi connectivity index (χ0n) is 17.6. The van der Waals surface area contributed by atoms with Crippen molar-refractivity contribution in [3.05, 3.63) is 71.0 Å². The van der Waals surface area contributed by atoms with E-state index >= 15 is 0 Å². The molecule has 4 atom stereocenters. The molecule has 0 aliphatic heterocycles. The summed E-state index contributed by atoms with van der Waals surface area (Å²) in [5.41, 5.74) is 11.8. The van der Waals surface area contributed by atoms with Gasteiger partial charge in [-0.2, -0.15) is 0 Å². The van der Waals surface area contributed by atoms with E-state index < -0.39 is 47.4 Å². The Morgan fingerprint density at radius 1 is 0.676 bits per heavy atom. The zero-order valence-corrected chi connectivity index (χ0v) is 17.6. The Morgan fingerprint density at radius 2 is 1.03 bits per heavy atom. The van der Waals surface area contributed by atoms with Crippen LogP contribution in [0.5, 0.6) is 0 Å². The first kappa shape index (κ1) is 21.6. The number of hydrogen-bond acceptors (Lipinski definition) is 6. The minimum atomic E-state index is -1.91. The summed E-state index contributed by atoms with van der Waals surface area (Å²) < 4.78 is 0. The number of H-pyrrole nitrogens is 2. The molecule has 4 unspecified atom stereocenters. The van der Waals surface area contributed by atoms with Crippen molar-refractivity contribution in [2.24, 2.45) is 11.5 Å². The average Bonchev–Trinajstić information content (AvgIpc) is 3.38. The fourth-order valence-electron chi connectivity index (χ4n) is 4.97. The first-order valence-corrected chi connectivity index (χ1v) is 10.5. The number of aliphatic hydroxyl groups excluding tert-OH is 2. The van der Waals surface area contributed by atoms with Crippen LogP contribution < -0.4 is 11.5 Å². The van der Waals surface area contributed by atoms with Gasteiger partial charge in [-0.1, -0.05) is 36.4 Å². The van der Waals surface area contributed by atoms with Gasteiger partial charge in [0.15, 0.2) is 11.6 Å². The van der Waals surface area contributed by atoms with Gasteiger partial charge in [0.1, 0.15) is 23.6 Å². The van der Waals surface area contributed by atoms with Crippen LogP contribution >= 0.6 is 0 Å². The van der Waals surface area contributed by atoms with E-state index in [9.17, 15) is 29.4 Å². The summed E-state index contributed by atoms with van der Waals surface area (Å²) >= 11 is 0. The van der Waals surface area contributed by atoms with Crippen LogP contribution in [0.4, 0.5) is 0 Å². The van der Waals surface area contributed by atoms with Crippen molar-refractivity contribution >= 4 is 45.2 Å². The minimum Gasteiger partial charge on any atom is -0.384 e. The van der Waals surface area contributed by atoms with Crippen molar-refractivity contribution in [3.8, 4) is 0 Å². The first-order valence-electron chi connectivity index (χ1n) is 10.5. The van der Waals surface area contributed by atoms with Crippen LogP contribution in [0.25, 0.3) is 21.8 Å². The van der Waals surface area contributed by atoms with Crippen LogP contribution in [0, 0.1) is 0 Å². The number of rotatable bonds is 4. The van der Waals surface area contributed by atoms with Gasteiger partial charge < -0.3 is 31.6 Å². The first-order chi connectivity index (χ1) is 16.2. The minimum absolute atomic E-state index is 0.0421. The van der Waals surface area contributed by atoms with E-state index in [1.165, 1.54) is 0 Å². The lowest BCUT2D eigenvalue weighted by Gasteiger charge is -2.35. The van der Waals surface area contributed by atoms with E-state index in [1.54, 1.807) is 48.5 Å². The lowest BCUT2D eigenvalue weighted by molar-refractivity contribution is -0.149. The summed E-state index contributed by atoms with van der Waals surface area (Å²) in [6.45, 7) is 0. The molecule has 1 fully saturated rings. The number of hydrogen-bond donors (Lipinski definition) is 6. The highest BCUT2D eigenvalue weighted by Crippen LogP contribution is 2.43. The molecule has 10 nitrogen and oxygen atoms in total. The van der Waals surface area contributed by atoms with Gasteiger partial charge in [-0.05, 0) is 12.1 Å². The molecule has 5 rings (SSSR count). The summed E-state index contributed by atoms with van der Waals surface area (Å²) in [5, 5.41) is 22.9. The lowest BCUT2D eigenvalue weighted by Crippen LogP contribution is -2.51. The summed E-state index contributed by atoms with van der Waals surface area (Å²) in [6.07, 6.45) is -3.82. The predicted molar refractivity (Wildman–Crippen MR) is 121 cm³/mol. The van der Waals surface area contributed by atoms with Gasteiger partial charge in [-0.25, -0.2) is 0 Å². The number of primary amides is 2. The molecule has 34 heavy (non-hydrogen) atoms. The lowest BCUT2D eigenvalue weighted by atomic mass is 9.69. The largest absolute Gasteiger partial charge is 0.384 e. The number of aromatic amines is 2. The number of aromatic nitrogens is 2. The van der Waals surface area contributed by atoms with Crippen LogP contribution in [-0.4, -0.2) is 55.8 Å². The van der Waals surface area contributed by atoms with Gasteiger partial charge in [0.05, 0.1) is 11.8 Å². The molecule has 2 heterocycles. The third kappa shape index (κ3) is 2.96. The number of nitrogens with two attached hydrogens (primary N) is 2. The van der Waals surface area contributed by atoms with Crippen LogP contribution in [0.15, 0.2) is 48.5 Å². The molecule has 8 N–H and O–H groups in total. The quantitative estimate of drug-likeness (QED) is 0.258. The van der Waals surface area contributed by atoms with Crippen LogP contribution in [0.2, 0.25) is 0 Å². The third-order valence-electron chi connectivity index (χ3n) is 6.43. The Morgan fingerprint density at radius 3 is 1.38 bits per heavy atom. The Hall–Kier alpha value is -4.28. The predicted octanol–water partition coefficient (Wildman–Crippen LogP) is 0.588. The van der Waals surface area contributed by atoms with Crippen molar-refractivity contribution in [1.29, 1.82) is 0 Å². The number of fused-ring (bicyclic) bond motifs is 2. The number of carbonyl (C=O) groups is 4. The number of ketones is 2. The molecule has 1 aliphatic carbocycles. The van der Waals surface area contributed by atoms with Crippen LogP contribution in [0.3, 0.4) is 0 Å². The molecule has 172 valence electrons. The van der Waals surface area contributed by atoms with E-state index in [1.807, 2.05) is 0 Å². The molecule has 2 amide bonds. The molecule has 0 radical (unpaired) electrons. The summed E-state index contributed by atoms with van der Waals surface area (Å²) in [6, 6.07) is 13.2. The van der Waals surface area contributed by atoms with Gasteiger partial charge in [-0.15, -0.1) is 0 Å². The van der Waals surface area contributed by atoms with Gasteiger partial charge in [0, 0.05) is 32.9 Å². The number of carbonyl (C=O) groups excluding carboxylic acids is 4. The summed E-state index contributed by atoms with van der Waals surface area (Å²) in [5.74, 6) is -6.62. The number of Topliss-reactive ketones (excluding diaryl/α,β-unsaturated/α-hetero) is 2. The highest BCUT2D eigenvalue weighted by molar-refractivity contribution is 6.14. The highest BCUT2D eigenvalue weighted by Gasteiger charge is 2.52. The average molecular weight is 460 g/mol. The molecule has 2 aromatic carbocycles. The van der Waals surface area contributed by atoms with E-state index in [0.29, 0.717) is 21.8 Å². The second kappa shape index (κ2) is 7.65. The fraction of sp³-hybridized carbons (Fsp3) is 0.167. The van der Waals surface area contributed by atoms with Crippen molar-refractivity contribution in [2.45, 2.75) is 24.0 Å². The SMILES string of the molecule is NC(=O)c1[nH]c2ccccc2c1C1C(=O)C(O)C(c2c(C(N)=O)[nH]c3ccccc23)C(=O)C1O. The van der Waals surface area contributed by atoms with Gasteiger partial charge in [0.25, 0.3) is 11.8 Å². The molecule has 0 spiro atoms. The Bertz CT molecular complexity index is 1400. The van der Waals surface area contributed by atoms with E-state index in [2.05, 4.69) is 9.97 Å².